The fourth-order valence-corrected chi connectivity index (χ4v) is 4.41. The standard InChI is InChI=1S/C28H28N4O5S/c1-18-8-7-11-21(12-18)29-25(33)16-24-27(35)31(17-19-9-5-4-6-10-19)28(38)32(24)30-26(34)20-13-22(36-2)15-23(14-20)37-3/h4-15,24H,16-17H2,1-3H3,(H,29,33)(H,30,34). The lowest BCUT2D eigenvalue weighted by molar-refractivity contribution is -0.131. The first-order valence-electron chi connectivity index (χ1n) is 11.9. The van der Waals surface area contributed by atoms with Gasteiger partial charge in [0.15, 0.2) is 5.11 Å². The van der Waals surface area contributed by atoms with Crippen LogP contribution in [0.1, 0.15) is 27.9 Å². The Labute approximate surface area is 226 Å². The van der Waals surface area contributed by atoms with Crippen LogP contribution in [0.4, 0.5) is 5.69 Å². The van der Waals surface area contributed by atoms with E-state index in [-0.39, 0.29) is 35.5 Å². The molecule has 1 atom stereocenters. The third-order valence-electron chi connectivity index (χ3n) is 6.00. The zero-order valence-electron chi connectivity index (χ0n) is 21.3. The normalized spacial score (nSPS) is 14.9. The monoisotopic (exact) mass is 532 g/mol. The number of carbonyl (C=O) groups is 3. The van der Waals surface area contributed by atoms with Crippen molar-refractivity contribution in [2.45, 2.75) is 25.9 Å². The maximum absolute atomic E-state index is 13.5. The second-order valence-electron chi connectivity index (χ2n) is 8.74. The van der Waals surface area contributed by atoms with E-state index in [1.54, 1.807) is 24.3 Å². The minimum absolute atomic E-state index is 0.0930. The van der Waals surface area contributed by atoms with E-state index in [1.165, 1.54) is 24.1 Å². The van der Waals surface area contributed by atoms with Crippen molar-refractivity contribution in [1.82, 2.24) is 15.3 Å². The summed E-state index contributed by atoms with van der Waals surface area (Å²) >= 11 is 5.62. The van der Waals surface area contributed by atoms with Gasteiger partial charge in [0, 0.05) is 17.3 Å². The molecule has 3 aromatic rings. The molecule has 0 bridgehead atoms. The molecule has 0 aliphatic carbocycles. The fraction of sp³-hybridized carbons (Fsp3) is 0.214. The lowest BCUT2D eigenvalue weighted by atomic mass is 10.1. The molecule has 9 nitrogen and oxygen atoms in total. The Morgan fingerprint density at radius 3 is 2.26 bits per heavy atom. The maximum Gasteiger partial charge on any atom is 0.270 e. The first-order valence-corrected chi connectivity index (χ1v) is 12.3. The maximum atomic E-state index is 13.5. The van der Waals surface area contributed by atoms with Gasteiger partial charge in [0.2, 0.25) is 5.91 Å². The van der Waals surface area contributed by atoms with Gasteiger partial charge in [-0.3, -0.25) is 24.7 Å². The number of nitrogens with one attached hydrogen (secondary N) is 2. The van der Waals surface area contributed by atoms with Gasteiger partial charge in [-0.15, -0.1) is 0 Å². The summed E-state index contributed by atoms with van der Waals surface area (Å²) in [5.74, 6) is -0.464. The number of carbonyl (C=O) groups excluding carboxylic acids is 3. The van der Waals surface area contributed by atoms with Crippen molar-refractivity contribution >= 4 is 40.7 Å². The predicted octanol–water partition coefficient (Wildman–Crippen LogP) is 3.68. The van der Waals surface area contributed by atoms with Crippen LogP contribution in [0.5, 0.6) is 11.5 Å². The molecular formula is C28H28N4O5S. The van der Waals surface area contributed by atoms with Gasteiger partial charge in [0.1, 0.15) is 17.5 Å². The molecule has 10 heteroatoms. The van der Waals surface area contributed by atoms with E-state index in [1.807, 2.05) is 55.5 Å². The molecule has 1 unspecified atom stereocenters. The number of amides is 3. The van der Waals surface area contributed by atoms with Crippen LogP contribution in [0.2, 0.25) is 0 Å². The first-order chi connectivity index (χ1) is 18.3. The molecule has 0 aromatic heterocycles. The van der Waals surface area contributed by atoms with Crippen molar-refractivity contribution in [3.05, 3.63) is 89.5 Å². The van der Waals surface area contributed by atoms with E-state index in [4.69, 9.17) is 21.7 Å². The summed E-state index contributed by atoms with van der Waals surface area (Å²) < 4.78 is 10.5. The van der Waals surface area contributed by atoms with Gasteiger partial charge in [-0.25, -0.2) is 5.01 Å². The molecule has 1 saturated heterocycles. The van der Waals surface area contributed by atoms with E-state index >= 15 is 0 Å². The number of hydrazine groups is 1. The van der Waals surface area contributed by atoms with E-state index < -0.39 is 11.9 Å². The topological polar surface area (TPSA) is 100 Å². The number of rotatable bonds is 9. The summed E-state index contributed by atoms with van der Waals surface area (Å²) in [6.07, 6.45) is -0.222. The average molecular weight is 533 g/mol. The van der Waals surface area contributed by atoms with Crippen molar-refractivity contribution in [3.8, 4) is 11.5 Å². The van der Waals surface area contributed by atoms with Crippen LogP contribution in [-0.2, 0) is 16.1 Å². The number of benzene rings is 3. The molecule has 196 valence electrons. The fourth-order valence-electron chi connectivity index (χ4n) is 4.09. The Bertz CT molecular complexity index is 1340. The molecule has 2 N–H and O–H groups in total. The summed E-state index contributed by atoms with van der Waals surface area (Å²) in [6, 6.07) is 20.4. The molecule has 0 saturated carbocycles. The number of aryl methyl sites for hydroxylation is 1. The van der Waals surface area contributed by atoms with Crippen molar-refractivity contribution in [3.63, 3.8) is 0 Å². The summed E-state index contributed by atoms with van der Waals surface area (Å²) in [5.41, 5.74) is 5.41. The van der Waals surface area contributed by atoms with Crippen molar-refractivity contribution in [2.75, 3.05) is 19.5 Å². The Hall–Kier alpha value is -4.44. The lowest BCUT2D eigenvalue weighted by Gasteiger charge is -2.24. The van der Waals surface area contributed by atoms with Crippen molar-refractivity contribution in [2.24, 2.45) is 0 Å². The minimum atomic E-state index is -1.03. The van der Waals surface area contributed by atoms with Crippen LogP contribution in [-0.4, -0.2) is 53.0 Å². The molecule has 3 aromatic carbocycles. The molecule has 4 rings (SSSR count). The number of ether oxygens (including phenoxy) is 2. The molecule has 38 heavy (non-hydrogen) atoms. The molecule has 1 fully saturated rings. The van der Waals surface area contributed by atoms with Gasteiger partial charge in [0.25, 0.3) is 11.8 Å². The zero-order chi connectivity index (χ0) is 27.2. The molecule has 1 aliphatic heterocycles. The van der Waals surface area contributed by atoms with Crippen LogP contribution < -0.4 is 20.2 Å². The van der Waals surface area contributed by atoms with Gasteiger partial charge in [-0.1, -0.05) is 42.5 Å². The summed E-state index contributed by atoms with van der Waals surface area (Å²) in [5, 5.41) is 4.20. The molecule has 1 aliphatic rings. The second kappa shape index (κ2) is 11.7. The Balaban J connectivity index is 1.59. The lowest BCUT2D eigenvalue weighted by Crippen LogP contribution is -2.49. The third-order valence-corrected chi connectivity index (χ3v) is 6.42. The van der Waals surface area contributed by atoms with Crippen molar-refractivity contribution < 1.29 is 23.9 Å². The number of nitrogens with zero attached hydrogens (tertiary/aromatic N) is 2. The second-order valence-corrected chi connectivity index (χ2v) is 9.11. The van der Waals surface area contributed by atoms with Crippen LogP contribution in [0.3, 0.4) is 0 Å². The van der Waals surface area contributed by atoms with Crippen LogP contribution in [0, 0.1) is 6.92 Å². The number of anilines is 1. The number of hydrogen-bond acceptors (Lipinski definition) is 6. The van der Waals surface area contributed by atoms with E-state index in [0.29, 0.717) is 17.2 Å². The Morgan fingerprint density at radius 1 is 0.947 bits per heavy atom. The molecule has 0 spiro atoms. The van der Waals surface area contributed by atoms with Gasteiger partial charge >= 0.3 is 0 Å². The highest BCUT2D eigenvalue weighted by Gasteiger charge is 2.44. The van der Waals surface area contributed by atoms with E-state index in [2.05, 4.69) is 10.7 Å². The first kappa shape index (κ1) is 26.6. The minimum Gasteiger partial charge on any atom is -0.497 e. The summed E-state index contributed by atoms with van der Waals surface area (Å²) in [6.45, 7) is 2.12. The SMILES string of the molecule is COc1cc(OC)cc(C(=O)NN2C(=S)N(Cc3ccccc3)C(=O)C2CC(=O)Nc2cccc(C)c2)c1. The number of methoxy groups -OCH3 is 2. The average Bonchev–Trinajstić information content (AvgIpc) is 3.12. The predicted molar refractivity (Wildman–Crippen MR) is 147 cm³/mol. The number of thiocarbonyl (C=S) groups is 1. The highest BCUT2D eigenvalue weighted by Crippen LogP contribution is 2.25. The Kier molecular flexibility index (Phi) is 8.22. The summed E-state index contributed by atoms with van der Waals surface area (Å²) in [7, 11) is 2.96. The summed E-state index contributed by atoms with van der Waals surface area (Å²) in [4.78, 5) is 41.1. The van der Waals surface area contributed by atoms with Gasteiger partial charge in [-0.2, -0.15) is 0 Å². The van der Waals surface area contributed by atoms with Crippen LogP contribution >= 0.6 is 12.2 Å². The quantitative estimate of drug-likeness (QED) is 0.406. The molecule has 3 amide bonds. The van der Waals surface area contributed by atoms with Gasteiger partial charge in [0.05, 0.1) is 27.2 Å². The smallest absolute Gasteiger partial charge is 0.270 e. The number of hydrogen-bond donors (Lipinski definition) is 2. The Morgan fingerprint density at radius 2 is 1.63 bits per heavy atom. The van der Waals surface area contributed by atoms with Crippen LogP contribution in [0.15, 0.2) is 72.8 Å². The van der Waals surface area contributed by atoms with Crippen LogP contribution in [0.25, 0.3) is 0 Å². The van der Waals surface area contributed by atoms with E-state index in [9.17, 15) is 14.4 Å². The largest absolute Gasteiger partial charge is 0.497 e. The zero-order valence-corrected chi connectivity index (χ0v) is 22.1. The molecule has 0 radical (unpaired) electrons. The third kappa shape index (κ3) is 6.09. The molecular weight excluding hydrogens is 504 g/mol. The highest BCUT2D eigenvalue weighted by molar-refractivity contribution is 7.80. The van der Waals surface area contributed by atoms with Gasteiger partial charge < -0.3 is 14.8 Å². The molecule has 1 heterocycles. The van der Waals surface area contributed by atoms with Gasteiger partial charge in [-0.05, 0) is 54.5 Å². The van der Waals surface area contributed by atoms with E-state index in [0.717, 1.165) is 11.1 Å². The highest BCUT2D eigenvalue weighted by atomic mass is 32.1. The van der Waals surface area contributed by atoms with Crippen molar-refractivity contribution in [1.29, 1.82) is 0 Å².